The molecule has 9 nitrogen and oxygen atoms in total. The zero-order valence-corrected chi connectivity index (χ0v) is 13.3. The van der Waals surface area contributed by atoms with Crippen molar-refractivity contribution >= 4 is 17.8 Å². The third-order valence-electron chi connectivity index (χ3n) is 3.68. The molecule has 1 aliphatic heterocycles. The standard InChI is InChI=1S/C16H17N5O4/c22-12(7-6-11-15(23)20-16(24)18-11)17-9-8-13-19-14(21-25-13)10-4-2-1-3-5-10/h1-5,11H,6-9H2,(H,17,22)(H2,18,20,23,24)/t11-/m1/s1. The number of aromatic nitrogens is 2. The van der Waals surface area contributed by atoms with E-state index in [4.69, 9.17) is 4.52 Å². The molecule has 2 aromatic rings. The van der Waals surface area contributed by atoms with Crippen LogP contribution >= 0.6 is 0 Å². The molecule has 0 unspecified atom stereocenters. The summed E-state index contributed by atoms with van der Waals surface area (Å²) in [5, 5.41) is 11.2. The summed E-state index contributed by atoms with van der Waals surface area (Å²) in [7, 11) is 0. The number of urea groups is 1. The van der Waals surface area contributed by atoms with Crippen molar-refractivity contribution in [1.82, 2.24) is 26.1 Å². The molecule has 1 saturated heterocycles. The van der Waals surface area contributed by atoms with Crippen LogP contribution in [-0.2, 0) is 16.0 Å². The molecule has 0 bridgehead atoms. The number of rotatable bonds is 7. The molecule has 0 radical (unpaired) electrons. The van der Waals surface area contributed by atoms with Crippen LogP contribution in [0.1, 0.15) is 18.7 Å². The Morgan fingerprint density at radius 1 is 1.24 bits per heavy atom. The second kappa shape index (κ2) is 7.56. The first-order valence-electron chi connectivity index (χ1n) is 7.88. The third-order valence-corrected chi connectivity index (χ3v) is 3.68. The number of benzene rings is 1. The van der Waals surface area contributed by atoms with Crippen molar-refractivity contribution in [1.29, 1.82) is 0 Å². The maximum absolute atomic E-state index is 11.8. The Hall–Kier alpha value is -3.23. The van der Waals surface area contributed by atoms with Crippen molar-refractivity contribution in [2.45, 2.75) is 25.3 Å². The SMILES string of the molecule is O=C(CC[C@H]1NC(=O)NC1=O)NCCc1nc(-c2ccccc2)no1. The number of imide groups is 1. The van der Waals surface area contributed by atoms with E-state index in [2.05, 4.69) is 26.1 Å². The minimum absolute atomic E-state index is 0.136. The van der Waals surface area contributed by atoms with E-state index >= 15 is 0 Å². The lowest BCUT2D eigenvalue weighted by Gasteiger charge is -2.07. The summed E-state index contributed by atoms with van der Waals surface area (Å²) in [5.74, 6) is 0.320. The van der Waals surface area contributed by atoms with Gasteiger partial charge in [-0.25, -0.2) is 4.79 Å². The third kappa shape index (κ3) is 4.40. The zero-order chi connectivity index (χ0) is 17.6. The monoisotopic (exact) mass is 343 g/mol. The molecule has 1 atom stereocenters. The summed E-state index contributed by atoms with van der Waals surface area (Å²) in [6, 6.07) is 8.27. The van der Waals surface area contributed by atoms with E-state index in [-0.39, 0.29) is 18.7 Å². The predicted molar refractivity (Wildman–Crippen MR) is 86.1 cm³/mol. The highest BCUT2D eigenvalue weighted by Gasteiger charge is 2.29. The number of amides is 4. The van der Waals surface area contributed by atoms with Crippen LogP contribution in [0, 0.1) is 0 Å². The highest BCUT2D eigenvalue weighted by molar-refractivity contribution is 6.04. The largest absolute Gasteiger partial charge is 0.356 e. The van der Waals surface area contributed by atoms with Crippen molar-refractivity contribution < 1.29 is 18.9 Å². The minimum Gasteiger partial charge on any atom is -0.356 e. The lowest BCUT2D eigenvalue weighted by Crippen LogP contribution is -2.32. The highest BCUT2D eigenvalue weighted by Crippen LogP contribution is 2.14. The topological polar surface area (TPSA) is 126 Å². The second-order valence-electron chi connectivity index (χ2n) is 5.53. The molecular formula is C16H17N5O4. The number of carbonyl (C=O) groups excluding carboxylic acids is 3. The van der Waals surface area contributed by atoms with E-state index in [1.807, 2.05) is 30.3 Å². The Balaban J connectivity index is 1.39. The van der Waals surface area contributed by atoms with E-state index in [1.54, 1.807) is 0 Å². The number of carbonyl (C=O) groups is 3. The molecule has 1 aliphatic rings. The zero-order valence-electron chi connectivity index (χ0n) is 13.3. The highest BCUT2D eigenvalue weighted by atomic mass is 16.5. The number of hydrogen-bond acceptors (Lipinski definition) is 6. The van der Waals surface area contributed by atoms with Gasteiger partial charge < -0.3 is 15.2 Å². The summed E-state index contributed by atoms with van der Waals surface area (Å²) >= 11 is 0. The molecule has 4 amide bonds. The lowest BCUT2D eigenvalue weighted by molar-refractivity contribution is -0.122. The molecule has 0 saturated carbocycles. The van der Waals surface area contributed by atoms with Gasteiger partial charge in [-0.1, -0.05) is 35.5 Å². The van der Waals surface area contributed by atoms with Crippen molar-refractivity contribution in [2.24, 2.45) is 0 Å². The Kier molecular flexibility index (Phi) is 5.03. The van der Waals surface area contributed by atoms with E-state index in [0.717, 1.165) is 5.56 Å². The number of nitrogens with zero attached hydrogens (tertiary/aromatic N) is 2. The second-order valence-corrected chi connectivity index (χ2v) is 5.53. The van der Waals surface area contributed by atoms with Gasteiger partial charge in [-0.2, -0.15) is 4.98 Å². The smallest absolute Gasteiger partial charge is 0.322 e. The maximum atomic E-state index is 11.8. The number of nitrogens with one attached hydrogen (secondary N) is 3. The van der Waals surface area contributed by atoms with Gasteiger partial charge in [-0.15, -0.1) is 0 Å². The first kappa shape index (κ1) is 16.6. The Bertz CT molecular complexity index is 774. The van der Waals surface area contributed by atoms with Crippen LogP contribution in [0.15, 0.2) is 34.9 Å². The Labute approximate surface area is 143 Å². The molecule has 2 heterocycles. The molecule has 3 rings (SSSR count). The summed E-state index contributed by atoms with van der Waals surface area (Å²) in [6.07, 6.45) is 0.797. The molecule has 1 fully saturated rings. The van der Waals surface area contributed by atoms with Crippen LogP contribution in [0.4, 0.5) is 4.79 Å². The van der Waals surface area contributed by atoms with Crippen LogP contribution in [-0.4, -0.2) is 40.6 Å². The average molecular weight is 343 g/mol. The van der Waals surface area contributed by atoms with E-state index < -0.39 is 18.0 Å². The molecule has 1 aromatic carbocycles. The molecule has 1 aromatic heterocycles. The molecular weight excluding hydrogens is 326 g/mol. The van der Waals surface area contributed by atoms with Gasteiger partial charge in [0.15, 0.2) is 0 Å². The van der Waals surface area contributed by atoms with E-state index in [1.165, 1.54) is 0 Å². The maximum Gasteiger partial charge on any atom is 0.322 e. The fourth-order valence-corrected chi connectivity index (χ4v) is 2.40. The first-order valence-corrected chi connectivity index (χ1v) is 7.88. The summed E-state index contributed by atoms with van der Waals surface area (Å²) in [6.45, 7) is 0.346. The Morgan fingerprint density at radius 3 is 2.76 bits per heavy atom. The van der Waals surface area contributed by atoms with Gasteiger partial charge >= 0.3 is 6.03 Å². The number of hydrogen-bond donors (Lipinski definition) is 3. The molecule has 3 N–H and O–H groups in total. The van der Waals surface area contributed by atoms with Crippen LogP contribution in [0.5, 0.6) is 0 Å². The van der Waals surface area contributed by atoms with E-state index in [0.29, 0.717) is 24.7 Å². The summed E-state index contributed by atoms with van der Waals surface area (Å²) in [4.78, 5) is 38.4. The fourth-order valence-electron chi connectivity index (χ4n) is 2.40. The first-order chi connectivity index (χ1) is 12.1. The van der Waals surface area contributed by atoms with Gasteiger partial charge in [0.1, 0.15) is 6.04 Å². The minimum atomic E-state index is -0.650. The van der Waals surface area contributed by atoms with Gasteiger partial charge in [0.05, 0.1) is 0 Å². The molecule has 0 aliphatic carbocycles. The van der Waals surface area contributed by atoms with Crippen molar-refractivity contribution in [3.63, 3.8) is 0 Å². The normalized spacial score (nSPS) is 16.4. The quantitative estimate of drug-likeness (QED) is 0.624. The molecule has 25 heavy (non-hydrogen) atoms. The van der Waals surface area contributed by atoms with E-state index in [9.17, 15) is 14.4 Å². The van der Waals surface area contributed by atoms with Gasteiger partial charge in [0.25, 0.3) is 5.91 Å². The lowest BCUT2D eigenvalue weighted by atomic mass is 10.1. The van der Waals surface area contributed by atoms with Crippen molar-refractivity contribution in [2.75, 3.05) is 6.54 Å². The van der Waals surface area contributed by atoms with Gasteiger partial charge in [-0.3, -0.25) is 14.9 Å². The molecule has 0 spiro atoms. The van der Waals surface area contributed by atoms with Crippen LogP contribution in [0.3, 0.4) is 0 Å². The van der Waals surface area contributed by atoms with Crippen LogP contribution in [0.2, 0.25) is 0 Å². The van der Waals surface area contributed by atoms with Gasteiger partial charge in [0.2, 0.25) is 17.6 Å². The van der Waals surface area contributed by atoms with Gasteiger partial charge in [0, 0.05) is 24.9 Å². The van der Waals surface area contributed by atoms with Crippen molar-refractivity contribution in [3.8, 4) is 11.4 Å². The predicted octanol–water partition coefficient (Wildman–Crippen LogP) is 0.384. The van der Waals surface area contributed by atoms with Crippen LogP contribution < -0.4 is 16.0 Å². The molecule has 130 valence electrons. The van der Waals surface area contributed by atoms with Gasteiger partial charge in [-0.05, 0) is 6.42 Å². The fraction of sp³-hybridized carbons (Fsp3) is 0.312. The summed E-state index contributed by atoms with van der Waals surface area (Å²) < 4.78 is 5.16. The Morgan fingerprint density at radius 2 is 2.04 bits per heavy atom. The summed E-state index contributed by atoms with van der Waals surface area (Å²) in [5.41, 5.74) is 0.860. The van der Waals surface area contributed by atoms with Crippen LogP contribution in [0.25, 0.3) is 11.4 Å². The van der Waals surface area contributed by atoms with Crippen molar-refractivity contribution in [3.05, 3.63) is 36.2 Å². The molecule has 9 heteroatoms. The average Bonchev–Trinajstić information content (AvgIpc) is 3.20.